The van der Waals surface area contributed by atoms with Crippen molar-refractivity contribution in [1.82, 2.24) is 20.9 Å². The number of amides is 6. The van der Waals surface area contributed by atoms with Crippen molar-refractivity contribution in [2.24, 2.45) is 5.73 Å². The lowest BCUT2D eigenvalue weighted by atomic mass is 10.2. The Hall–Kier alpha value is -4.59. The summed E-state index contributed by atoms with van der Waals surface area (Å²) in [5.41, 5.74) is 6.48. The molecule has 0 saturated heterocycles. The number of anilines is 1. The monoisotopic (exact) mass is 622 g/mol. The van der Waals surface area contributed by atoms with E-state index < -0.39 is 5.91 Å². The largest absolute Gasteiger partial charge is 0.392 e. The minimum absolute atomic E-state index is 0.0291. The summed E-state index contributed by atoms with van der Waals surface area (Å²) in [5, 5.41) is 18.7. The van der Waals surface area contributed by atoms with Gasteiger partial charge in [-0.1, -0.05) is 24.6 Å². The summed E-state index contributed by atoms with van der Waals surface area (Å²) >= 11 is 0. The molecule has 6 amide bonds. The van der Waals surface area contributed by atoms with Gasteiger partial charge in [0.05, 0.1) is 13.2 Å². The minimum atomic E-state index is -0.476. The molecule has 0 fully saturated rings. The molecule has 0 radical (unpaired) electrons. The molecule has 0 aliphatic rings. The van der Waals surface area contributed by atoms with E-state index in [1.54, 1.807) is 56.1 Å². The van der Waals surface area contributed by atoms with Crippen LogP contribution in [0.25, 0.3) is 0 Å². The van der Waals surface area contributed by atoms with Crippen LogP contribution in [0.4, 0.5) is 5.69 Å². The second kappa shape index (κ2) is 31.3. The third-order valence-corrected chi connectivity index (χ3v) is 4.94. The molecule has 7 N–H and O–H groups in total. The molecule has 0 aromatic heterocycles. The molecule has 0 bridgehead atoms. The molecule has 14 heteroatoms. The summed E-state index contributed by atoms with van der Waals surface area (Å²) in [5.74, 6) is -0.703. The molecule has 0 saturated carbocycles. The van der Waals surface area contributed by atoms with Crippen molar-refractivity contribution in [3.8, 4) is 0 Å². The van der Waals surface area contributed by atoms with Gasteiger partial charge in [0.25, 0.3) is 0 Å². The Morgan fingerprint density at radius 1 is 0.932 bits per heavy atom. The van der Waals surface area contributed by atoms with Crippen LogP contribution in [-0.2, 0) is 40.2 Å². The van der Waals surface area contributed by atoms with Crippen LogP contribution >= 0.6 is 0 Å². The third-order valence-electron chi connectivity index (χ3n) is 4.94. The van der Waals surface area contributed by atoms with E-state index in [2.05, 4.69) is 21.3 Å². The molecule has 248 valence electrons. The van der Waals surface area contributed by atoms with E-state index in [-0.39, 0.29) is 43.5 Å². The lowest BCUT2D eigenvalue weighted by Gasteiger charge is -2.11. The lowest BCUT2D eigenvalue weighted by Crippen LogP contribution is -2.40. The zero-order chi connectivity index (χ0) is 34.2. The summed E-state index contributed by atoms with van der Waals surface area (Å²) in [4.78, 5) is 73.5. The first-order chi connectivity index (χ1) is 20.9. The number of aliphatic hydroxyl groups is 1. The average molecular weight is 623 g/mol. The topological polar surface area (TPSA) is 217 Å². The summed E-state index contributed by atoms with van der Waals surface area (Å²) in [7, 11) is 1.76. The number of nitrogens with zero attached hydrogens (tertiary/aromatic N) is 1. The van der Waals surface area contributed by atoms with E-state index in [0.717, 1.165) is 49.8 Å². The lowest BCUT2D eigenvalue weighted by molar-refractivity contribution is -0.123. The molecule has 1 atom stereocenters. The van der Waals surface area contributed by atoms with Gasteiger partial charge in [0.1, 0.15) is 6.29 Å². The molecule has 1 rings (SSSR count). The molecule has 0 aliphatic heterocycles. The number of rotatable bonds is 18. The maximum atomic E-state index is 11.2. The third kappa shape index (κ3) is 33.6. The second-order valence-corrected chi connectivity index (χ2v) is 9.54. The highest BCUT2D eigenvalue weighted by Crippen LogP contribution is 2.07. The van der Waals surface area contributed by atoms with Gasteiger partial charge in [0.15, 0.2) is 0 Å². The van der Waals surface area contributed by atoms with Crippen molar-refractivity contribution in [2.45, 2.75) is 78.5 Å². The second-order valence-electron chi connectivity index (χ2n) is 9.54. The van der Waals surface area contributed by atoms with Crippen LogP contribution in [0.1, 0.15) is 65.4 Å². The predicted octanol–water partition coefficient (Wildman–Crippen LogP) is 0.781. The Labute approximate surface area is 260 Å². The van der Waals surface area contributed by atoms with Gasteiger partial charge in [-0.15, -0.1) is 0 Å². The van der Waals surface area contributed by atoms with E-state index in [1.807, 2.05) is 13.8 Å². The first-order valence-electron chi connectivity index (χ1n) is 14.1. The van der Waals surface area contributed by atoms with Gasteiger partial charge in [0, 0.05) is 44.2 Å². The maximum Gasteiger partial charge on any atom is 0.239 e. The molecule has 1 aromatic rings. The van der Waals surface area contributed by atoms with Gasteiger partial charge in [-0.25, -0.2) is 0 Å². The molecule has 1 unspecified atom stereocenters. The molecular weight excluding hydrogens is 572 g/mol. The van der Waals surface area contributed by atoms with E-state index in [9.17, 15) is 33.6 Å². The molecule has 0 aliphatic carbocycles. The number of hydrogen-bond acceptors (Lipinski definition) is 8. The normalized spacial score (nSPS) is 10.2. The van der Waals surface area contributed by atoms with Crippen LogP contribution in [0, 0.1) is 0 Å². The molecule has 14 nitrogen and oxygen atoms in total. The fourth-order valence-corrected chi connectivity index (χ4v) is 2.94. The number of benzene rings is 1. The van der Waals surface area contributed by atoms with Crippen molar-refractivity contribution in [3.63, 3.8) is 0 Å². The smallest absolute Gasteiger partial charge is 0.239 e. The highest BCUT2D eigenvalue weighted by molar-refractivity contribution is 5.81. The van der Waals surface area contributed by atoms with Crippen LogP contribution in [0.3, 0.4) is 0 Å². The number of aliphatic hydroxyl groups excluding tert-OH is 1. The number of hydrogen-bond donors (Lipinski definition) is 6. The van der Waals surface area contributed by atoms with Gasteiger partial charge in [-0.2, -0.15) is 0 Å². The molecule has 44 heavy (non-hydrogen) atoms. The number of allylic oxidation sites excluding steroid dienone is 2. The van der Waals surface area contributed by atoms with Crippen LogP contribution in [0.5, 0.6) is 0 Å². The highest BCUT2D eigenvalue weighted by Gasteiger charge is 2.08. The number of nitrogens with one attached hydrogen (secondary N) is 4. The van der Waals surface area contributed by atoms with E-state index in [4.69, 9.17) is 10.8 Å². The maximum absolute atomic E-state index is 11.2. The highest BCUT2D eigenvalue weighted by atomic mass is 16.3. The van der Waals surface area contributed by atoms with Crippen LogP contribution in [0.2, 0.25) is 0 Å². The Bertz CT molecular complexity index is 971. The van der Waals surface area contributed by atoms with Crippen LogP contribution in [0.15, 0.2) is 36.4 Å². The Morgan fingerprint density at radius 3 is 2.00 bits per heavy atom. The number of primary amides is 1. The summed E-state index contributed by atoms with van der Waals surface area (Å²) in [6.45, 7) is 8.08. The van der Waals surface area contributed by atoms with Crippen molar-refractivity contribution in [3.05, 3.63) is 42.0 Å². The SMILES string of the molecule is C/C=C\C=O.CC(C)NC(=O)CCCCCN(C)C=O.CC(CC(N)=O)NC(=O)CNC=O.O=CNc1ccc(CO)cc1. The predicted molar refractivity (Wildman–Crippen MR) is 169 cm³/mol. The summed E-state index contributed by atoms with van der Waals surface area (Å²) in [6, 6.07) is 6.90. The zero-order valence-electron chi connectivity index (χ0n) is 26.4. The average Bonchev–Trinajstić information content (AvgIpc) is 2.97. The fraction of sp³-hybridized carbons (Fsp3) is 0.500. The number of unbranched alkanes of at least 4 members (excludes halogenated alkanes) is 2. The van der Waals surface area contributed by atoms with Crippen molar-refractivity contribution < 1.29 is 38.7 Å². The van der Waals surface area contributed by atoms with Gasteiger partial charge in [-0.3, -0.25) is 33.6 Å². The zero-order valence-corrected chi connectivity index (χ0v) is 26.4. The van der Waals surface area contributed by atoms with E-state index in [1.165, 1.54) is 6.08 Å². The Morgan fingerprint density at radius 2 is 1.57 bits per heavy atom. The summed E-state index contributed by atoms with van der Waals surface area (Å²) < 4.78 is 0. The number of carbonyl (C=O) groups is 7. The van der Waals surface area contributed by atoms with Crippen molar-refractivity contribution in [2.75, 3.05) is 25.5 Å². The van der Waals surface area contributed by atoms with Gasteiger partial charge in [-0.05, 0) is 64.3 Å². The van der Waals surface area contributed by atoms with E-state index >= 15 is 0 Å². The Kier molecular flexibility index (Phi) is 31.2. The molecular formula is C30H50N6O8. The molecule has 1 aromatic carbocycles. The quantitative estimate of drug-likeness (QED) is 0.0779. The number of nitrogens with two attached hydrogens (primary N) is 1. The number of carbonyl (C=O) groups excluding carboxylic acids is 7. The minimum Gasteiger partial charge on any atom is -0.392 e. The van der Waals surface area contributed by atoms with Crippen LogP contribution < -0.4 is 27.0 Å². The molecule has 0 spiro atoms. The first-order valence-corrected chi connectivity index (χ1v) is 14.1. The van der Waals surface area contributed by atoms with Crippen molar-refractivity contribution in [1.29, 1.82) is 0 Å². The van der Waals surface area contributed by atoms with Crippen LogP contribution in [-0.4, -0.2) is 85.5 Å². The van der Waals surface area contributed by atoms with Gasteiger partial charge < -0.3 is 37.0 Å². The Balaban J connectivity index is -0.000000535. The van der Waals surface area contributed by atoms with Gasteiger partial charge >= 0.3 is 0 Å². The molecule has 0 heterocycles. The van der Waals surface area contributed by atoms with E-state index in [0.29, 0.717) is 19.2 Å². The van der Waals surface area contributed by atoms with Gasteiger partial charge in [0.2, 0.25) is 37.0 Å². The first kappa shape index (κ1) is 43.9. The standard InChI is InChI=1S/C11H22N2O2.C8H9NO2.C7H13N3O3.C4H6O/c1-10(2)12-11(15)7-5-4-6-8-13(3)9-14;10-5-7-1-3-8(4-2-7)9-6-11;1-5(2-6(8)12)10-7(13)3-9-4-11;1-2-3-4-5/h9-10H,4-8H2,1-3H3,(H,12,15);1-4,6,10H,5H2,(H,9,11);4-5H,2-3H2,1H3,(H2,8,12)(H,9,11)(H,10,13);2-4H,1H3/b;;;3-2-. The fourth-order valence-electron chi connectivity index (χ4n) is 2.94. The number of aldehydes is 1. The van der Waals surface area contributed by atoms with Crippen molar-refractivity contribution >= 4 is 48.9 Å². The summed E-state index contributed by atoms with van der Waals surface area (Å²) in [6.07, 6.45) is 9.28.